The van der Waals surface area contributed by atoms with Crippen LogP contribution in [0.3, 0.4) is 0 Å². The number of nitrogens with zero attached hydrogens (tertiary/aromatic N) is 1. The second-order valence-corrected chi connectivity index (χ2v) is 6.99. The van der Waals surface area contributed by atoms with E-state index in [0.29, 0.717) is 32.4 Å². The van der Waals surface area contributed by atoms with Crippen LogP contribution in [0.5, 0.6) is 0 Å². The number of hydrogen-bond donors (Lipinski definition) is 1. The van der Waals surface area contributed by atoms with Crippen LogP contribution in [0.4, 0.5) is 9.18 Å². The maximum absolute atomic E-state index is 12.9. The zero-order valence-corrected chi connectivity index (χ0v) is 13.4. The van der Waals surface area contributed by atoms with E-state index in [4.69, 9.17) is 4.74 Å². The van der Waals surface area contributed by atoms with Crippen molar-refractivity contribution >= 4 is 6.09 Å². The highest BCUT2D eigenvalue weighted by atomic mass is 19.1. The van der Waals surface area contributed by atoms with Crippen molar-refractivity contribution in [3.63, 3.8) is 0 Å². The van der Waals surface area contributed by atoms with Gasteiger partial charge in [0.25, 0.3) is 0 Å². The van der Waals surface area contributed by atoms with Crippen molar-refractivity contribution in [3.8, 4) is 0 Å². The molecule has 0 spiro atoms. The number of piperidine rings is 1. The molecule has 0 radical (unpaired) electrons. The molecule has 1 N–H and O–H groups in total. The van der Waals surface area contributed by atoms with Crippen molar-refractivity contribution < 1.29 is 19.0 Å². The van der Waals surface area contributed by atoms with Gasteiger partial charge in [-0.1, -0.05) is 12.1 Å². The number of likely N-dealkylation sites (tertiary alicyclic amines) is 1. The number of rotatable bonds is 2. The van der Waals surface area contributed by atoms with Crippen LogP contribution >= 0.6 is 0 Å². The molecule has 22 heavy (non-hydrogen) atoms. The molecular weight excluding hydrogens is 285 g/mol. The summed E-state index contributed by atoms with van der Waals surface area (Å²) in [5.41, 5.74) is -0.468. The first-order chi connectivity index (χ1) is 10.2. The molecule has 1 heterocycles. The zero-order chi connectivity index (χ0) is 16.4. The van der Waals surface area contributed by atoms with E-state index in [0.717, 1.165) is 5.56 Å². The molecule has 122 valence electrons. The van der Waals surface area contributed by atoms with E-state index in [1.807, 2.05) is 20.8 Å². The lowest BCUT2D eigenvalue weighted by molar-refractivity contribution is -0.0315. The van der Waals surface area contributed by atoms with Crippen molar-refractivity contribution in [3.05, 3.63) is 35.6 Å². The predicted octanol–water partition coefficient (Wildman–Crippen LogP) is 3.13. The molecule has 0 bridgehead atoms. The lowest BCUT2D eigenvalue weighted by Gasteiger charge is -2.38. The minimum Gasteiger partial charge on any atom is -0.444 e. The molecule has 1 aliphatic rings. The van der Waals surface area contributed by atoms with Gasteiger partial charge in [-0.25, -0.2) is 9.18 Å². The second-order valence-electron chi connectivity index (χ2n) is 6.99. The van der Waals surface area contributed by atoms with E-state index in [1.165, 1.54) is 12.1 Å². The quantitative estimate of drug-likeness (QED) is 0.913. The minimum absolute atomic E-state index is 0.282. The monoisotopic (exact) mass is 309 g/mol. The Kier molecular flexibility index (Phi) is 4.75. The largest absolute Gasteiger partial charge is 0.444 e. The first-order valence-corrected chi connectivity index (χ1v) is 7.62. The normalized spacial score (nSPS) is 18.1. The van der Waals surface area contributed by atoms with Crippen molar-refractivity contribution in [2.45, 2.75) is 51.2 Å². The summed E-state index contributed by atoms with van der Waals surface area (Å²) < 4.78 is 18.3. The highest BCUT2D eigenvalue weighted by Crippen LogP contribution is 2.27. The molecule has 2 rings (SSSR count). The van der Waals surface area contributed by atoms with Crippen LogP contribution < -0.4 is 0 Å². The molecule has 1 saturated heterocycles. The molecule has 0 aliphatic carbocycles. The molecule has 0 aromatic heterocycles. The SMILES string of the molecule is CC(C)(C)OC(=O)N1CCC(O)(Cc2ccc(F)cc2)CC1. The predicted molar refractivity (Wildman–Crippen MR) is 82.1 cm³/mol. The Morgan fingerprint density at radius 3 is 2.32 bits per heavy atom. The van der Waals surface area contributed by atoms with Crippen molar-refractivity contribution in [2.75, 3.05) is 13.1 Å². The van der Waals surface area contributed by atoms with E-state index in [9.17, 15) is 14.3 Å². The molecule has 0 unspecified atom stereocenters. The zero-order valence-electron chi connectivity index (χ0n) is 13.4. The summed E-state index contributed by atoms with van der Waals surface area (Å²) >= 11 is 0. The summed E-state index contributed by atoms with van der Waals surface area (Å²) in [6, 6.07) is 6.17. The van der Waals surface area contributed by atoms with E-state index < -0.39 is 11.2 Å². The summed E-state index contributed by atoms with van der Waals surface area (Å²) in [6.07, 6.45) is 1.11. The average Bonchev–Trinajstić information content (AvgIpc) is 2.40. The third-order valence-corrected chi connectivity index (χ3v) is 3.79. The molecule has 4 nitrogen and oxygen atoms in total. The van der Waals surface area contributed by atoms with Crippen LogP contribution in [-0.4, -0.2) is 40.4 Å². The number of carbonyl (C=O) groups is 1. The number of carbonyl (C=O) groups excluding carboxylic acids is 1. The summed E-state index contributed by atoms with van der Waals surface area (Å²) in [5, 5.41) is 10.7. The third-order valence-electron chi connectivity index (χ3n) is 3.79. The van der Waals surface area contributed by atoms with Crippen LogP contribution in [0.1, 0.15) is 39.2 Å². The number of hydrogen-bond acceptors (Lipinski definition) is 3. The Morgan fingerprint density at radius 1 is 1.27 bits per heavy atom. The van der Waals surface area contributed by atoms with Crippen molar-refractivity contribution in [1.82, 2.24) is 4.90 Å². The first kappa shape index (κ1) is 16.7. The van der Waals surface area contributed by atoms with Gasteiger partial charge in [-0.15, -0.1) is 0 Å². The molecule has 1 fully saturated rings. The van der Waals surface area contributed by atoms with E-state index in [1.54, 1.807) is 17.0 Å². The van der Waals surface area contributed by atoms with Gasteiger partial charge in [-0.2, -0.15) is 0 Å². The molecule has 0 saturated carbocycles. The van der Waals surface area contributed by atoms with Crippen LogP contribution in [0.25, 0.3) is 0 Å². The third kappa shape index (κ3) is 4.70. The number of halogens is 1. The summed E-state index contributed by atoms with van der Waals surface area (Å²) in [7, 11) is 0. The molecule has 1 amide bonds. The Hall–Kier alpha value is -1.62. The Bertz CT molecular complexity index is 514. The Labute approximate surface area is 130 Å². The topological polar surface area (TPSA) is 49.8 Å². The van der Waals surface area contributed by atoms with Gasteiger partial charge in [-0.3, -0.25) is 0 Å². The second kappa shape index (κ2) is 6.24. The minimum atomic E-state index is -0.851. The Morgan fingerprint density at radius 2 is 1.82 bits per heavy atom. The molecule has 1 aliphatic heterocycles. The van der Waals surface area contributed by atoms with Gasteiger partial charge in [-0.05, 0) is 51.3 Å². The molecular formula is C17H24FNO3. The smallest absolute Gasteiger partial charge is 0.410 e. The molecule has 1 aromatic carbocycles. The van der Waals surface area contributed by atoms with Gasteiger partial charge in [0.2, 0.25) is 0 Å². The van der Waals surface area contributed by atoms with Gasteiger partial charge in [0.05, 0.1) is 5.60 Å². The van der Waals surface area contributed by atoms with Gasteiger partial charge >= 0.3 is 6.09 Å². The van der Waals surface area contributed by atoms with E-state index in [2.05, 4.69) is 0 Å². The van der Waals surface area contributed by atoms with Gasteiger partial charge in [0.1, 0.15) is 11.4 Å². The van der Waals surface area contributed by atoms with Gasteiger partial charge in [0.15, 0.2) is 0 Å². The summed E-state index contributed by atoms with van der Waals surface area (Å²) in [4.78, 5) is 13.6. The number of aliphatic hydroxyl groups is 1. The number of amides is 1. The maximum Gasteiger partial charge on any atom is 0.410 e. The number of ether oxygens (including phenoxy) is 1. The van der Waals surface area contributed by atoms with Gasteiger partial charge < -0.3 is 14.7 Å². The fraction of sp³-hybridized carbons (Fsp3) is 0.588. The molecule has 0 atom stereocenters. The van der Waals surface area contributed by atoms with Crippen LogP contribution in [0.15, 0.2) is 24.3 Å². The van der Waals surface area contributed by atoms with E-state index >= 15 is 0 Å². The fourth-order valence-corrected chi connectivity index (χ4v) is 2.59. The lowest BCUT2D eigenvalue weighted by atomic mass is 9.85. The molecule has 5 heteroatoms. The standard InChI is InChI=1S/C17H24FNO3/c1-16(2,3)22-15(20)19-10-8-17(21,9-11-19)12-13-4-6-14(18)7-5-13/h4-7,21H,8-12H2,1-3H3. The average molecular weight is 309 g/mol. The first-order valence-electron chi connectivity index (χ1n) is 7.62. The maximum atomic E-state index is 12.9. The summed E-state index contributed by atoms with van der Waals surface area (Å²) in [5.74, 6) is -0.282. The lowest BCUT2D eigenvalue weighted by Crippen LogP contribution is -2.49. The Balaban J connectivity index is 1.90. The van der Waals surface area contributed by atoms with Gasteiger partial charge in [0, 0.05) is 19.5 Å². The summed E-state index contributed by atoms with van der Waals surface area (Å²) in [6.45, 7) is 6.43. The fourth-order valence-electron chi connectivity index (χ4n) is 2.59. The van der Waals surface area contributed by atoms with Crippen LogP contribution in [0.2, 0.25) is 0 Å². The highest BCUT2D eigenvalue weighted by Gasteiger charge is 2.35. The van der Waals surface area contributed by atoms with Crippen molar-refractivity contribution in [2.24, 2.45) is 0 Å². The highest BCUT2D eigenvalue weighted by molar-refractivity contribution is 5.68. The van der Waals surface area contributed by atoms with Crippen molar-refractivity contribution in [1.29, 1.82) is 0 Å². The van der Waals surface area contributed by atoms with Crippen LogP contribution in [0, 0.1) is 5.82 Å². The molecule has 1 aromatic rings. The number of benzene rings is 1. The van der Waals surface area contributed by atoms with Crippen LogP contribution in [-0.2, 0) is 11.2 Å². The van der Waals surface area contributed by atoms with E-state index in [-0.39, 0.29) is 11.9 Å².